The monoisotopic (exact) mass is 302 g/mol. The quantitative estimate of drug-likeness (QED) is 0.800. The first-order valence-corrected chi connectivity index (χ1v) is 8.50. The lowest BCUT2D eigenvalue weighted by Gasteiger charge is -2.38. The van der Waals surface area contributed by atoms with Gasteiger partial charge in [-0.3, -0.25) is 0 Å². The first-order chi connectivity index (χ1) is 9.04. The number of para-hydroxylation sites is 1. The molecule has 0 bridgehead atoms. The van der Waals surface area contributed by atoms with Gasteiger partial charge in [0.1, 0.15) is 5.21 Å². The van der Waals surface area contributed by atoms with Crippen molar-refractivity contribution in [3.63, 3.8) is 0 Å². The highest BCUT2D eigenvalue weighted by Crippen LogP contribution is 2.23. The topological polar surface area (TPSA) is 40.6 Å². The Bertz CT molecular complexity index is 507. The third kappa shape index (κ3) is 3.41. The van der Waals surface area contributed by atoms with Crippen LogP contribution in [0.1, 0.15) is 12.8 Å². The van der Waals surface area contributed by atoms with Crippen LogP contribution in [-0.2, 0) is 10.0 Å². The molecular weight excluding hydrogens is 284 g/mol. The van der Waals surface area contributed by atoms with Gasteiger partial charge in [-0.1, -0.05) is 18.2 Å². The van der Waals surface area contributed by atoms with E-state index < -0.39 is 10.0 Å². The van der Waals surface area contributed by atoms with E-state index in [2.05, 4.69) is 17.0 Å². The van der Waals surface area contributed by atoms with E-state index in [1.807, 2.05) is 18.2 Å². The maximum atomic E-state index is 11.8. The lowest BCUT2D eigenvalue weighted by atomic mass is 10.1. The van der Waals surface area contributed by atoms with Gasteiger partial charge in [-0.15, -0.1) is 11.6 Å². The number of hydrogen-bond donors (Lipinski definition) is 0. The molecule has 1 fully saturated rings. The smallest absolute Gasteiger partial charge is 0.228 e. The summed E-state index contributed by atoms with van der Waals surface area (Å²) in [5, 5.41) is -0.356. The molecule has 1 aromatic carbocycles. The summed E-state index contributed by atoms with van der Waals surface area (Å²) in [5.41, 5.74) is 1.14. The normalized spacial score (nSPS) is 20.8. The molecule has 106 valence electrons. The number of anilines is 1. The minimum absolute atomic E-state index is 0.00212. The second-order valence-electron chi connectivity index (χ2n) is 4.81. The molecule has 1 unspecified atom stereocenters. The Hall–Kier alpha value is -0.780. The van der Waals surface area contributed by atoms with Gasteiger partial charge in [-0.2, -0.15) is 4.31 Å². The Morgan fingerprint density at radius 2 is 2.05 bits per heavy atom. The van der Waals surface area contributed by atoms with Gasteiger partial charge in [-0.05, 0) is 25.0 Å². The average Bonchev–Trinajstić information content (AvgIpc) is 2.47. The molecule has 1 atom stereocenters. The molecule has 0 saturated carbocycles. The number of alkyl halides is 1. The van der Waals surface area contributed by atoms with Gasteiger partial charge in [0.25, 0.3) is 0 Å². The van der Waals surface area contributed by atoms with E-state index in [-0.39, 0.29) is 11.3 Å². The number of hydrogen-bond acceptors (Lipinski definition) is 3. The molecule has 0 amide bonds. The van der Waals surface area contributed by atoms with Crippen LogP contribution in [0.2, 0.25) is 0 Å². The molecule has 6 heteroatoms. The summed E-state index contributed by atoms with van der Waals surface area (Å²) in [5.74, 6) is 0. The van der Waals surface area contributed by atoms with Crippen molar-refractivity contribution in [1.29, 1.82) is 0 Å². The Kier molecular flexibility index (Phi) is 4.71. The molecule has 0 N–H and O–H groups in total. The summed E-state index contributed by atoms with van der Waals surface area (Å²) in [6.07, 6.45) is 1.87. The van der Waals surface area contributed by atoms with Crippen molar-refractivity contribution in [3.8, 4) is 0 Å². The Labute approximate surface area is 120 Å². The zero-order chi connectivity index (χ0) is 13.9. The van der Waals surface area contributed by atoms with E-state index in [4.69, 9.17) is 11.6 Å². The molecule has 1 saturated heterocycles. The van der Waals surface area contributed by atoms with Crippen LogP contribution >= 0.6 is 11.6 Å². The molecule has 0 radical (unpaired) electrons. The third-order valence-electron chi connectivity index (χ3n) is 3.61. The van der Waals surface area contributed by atoms with Gasteiger partial charge >= 0.3 is 0 Å². The molecule has 0 aromatic heterocycles. The van der Waals surface area contributed by atoms with E-state index in [9.17, 15) is 8.42 Å². The first kappa shape index (κ1) is 14.6. The van der Waals surface area contributed by atoms with Crippen LogP contribution in [0, 0.1) is 0 Å². The molecule has 1 aliphatic rings. The second kappa shape index (κ2) is 6.11. The van der Waals surface area contributed by atoms with Crippen molar-refractivity contribution in [2.24, 2.45) is 0 Å². The van der Waals surface area contributed by atoms with E-state index in [0.717, 1.165) is 31.6 Å². The summed E-state index contributed by atoms with van der Waals surface area (Å²) in [6, 6.07) is 10.1. The van der Waals surface area contributed by atoms with Crippen molar-refractivity contribution in [1.82, 2.24) is 4.31 Å². The SMILES string of the molecule is CN(C1CCCN(c2ccccc2)C1)S(=O)(=O)CCl. The summed E-state index contributed by atoms with van der Waals surface area (Å²) in [6.45, 7) is 1.69. The van der Waals surface area contributed by atoms with E-state index in [1.54, 1.807) is 7.05 Å². The molecule has 0 spiro atoms. The van der Waals surface area contributed by atoms with Gasteiger partial charge < -0.3 is 4.90 Å². The molecule has 1 aliphatic heterocycles. The van der Waals surface area contributed by atoms with Crippen LogP contribution in [0.5, 0.6) is 0 Å². The zero-order valence-corrected chi connectivity index (χ0v) is 12.6. The van der Waals surface area contributed by atoms with Crippen molar-refractivity contribution in [2.45, 2.75) is 18.9 Å². The molecule has 4 nitrogen and oxygen atoms in total. The fourth-order valence-corrected chi connectivity index (χ4v) is 3.67. The molecule has 2 rings (SSSR count). The van der Waals surface area contributed by atoms with Crippen LogP contribution in [0.15, 0.2) is 30.3 Å². The lowest BCUT2D eigenvalue weighted by molar-refractivity contribution is 0.321. The van der Waals surface area contributed by atoms with E-state index in [1.165, 1.54) is 4.31 Å². The largest absolute Gasteiger partial charge is 0.370 e. The van der Waals surface area contributed by atoms with Crippen LogP contribution in [-0.4, -0.2) is 44.1 Å². The Morgan fingerprint density at radius 1 is 1.37 bits per heavy atom. The van der Waals surface area contributed by atoms with Gasteiger partial charge in [-0.25, -0.2) is 8.42 Å². The number of piperidine rings is 1. The summed E-state index contributed by atoms with van der Waals surface area (Å²) >= 11 is 5.52. The van der Waals surface area contributed by atoms with Gasteiger partial charge in [0.15, 0.2) is 0 Å². The molecular formula is C13H19ClN2O2S. The highest BCUT2D eigenvalue weighted by atomic mass is 35.5. The Balaban J connectivity index is 2.10. The number of likely N-dealkylation sites (N-methyl/N-ethyl adjacent to an activating group) is 1. The number of halogens is 1. The summed E-state index contributed by atoms with van der Waals surface area (Å²) in [7, 11) is -1.71. The highest BCUT2D eigenvalue weighted by Gasteiger charge is 2.29. The average molecular weight is 303 g/mol. The fourth-order valence-electron chi connectivity index (χ4n) is 2.43. The Morgan fingerprint density at radius 3 is 2.68 bits per heavy atom. The number of nitrogens with zero attached hydrogens (tertiary/aromatic N) is 2. The maximum Gasteiger partial charge on any atom is 0.228 e. The van der Waals surface area contributed by atoms with Crippen molar-refractivity contribution < 1.29 is 8.42 Å². The molecule has 0 aliphatic carbocycles. The maximum absolute atomic E-state index is 11.8. The van der Waals surface area contributed by atoms with E-state index in [0.29, 0.717) is 0 Å². The van der Waals surface area contributed by atoms with Gasteiger partial charge in [0, 0.05) is 31.9 Å². The fraction of sp³-hybridized carbons (Fsp3) is 0.538. The zero-order valence-electron chi connectivity index (χ0n) is 11.0. The highest BCUT2D eigenvalue weighted by molar-refractivity contribution is 7.90. The first-order valence-electron chi connectivity index (χ1n) is 6.36. The third-order valence-corrected chi connectivity index (χ3v) is 5.89. The second-order valence-corrected chi connectivity index (χ2v) is 7.43. The minimum Gasteiger partial charge on any atom is -0.370 e. The predicted octanol–water partition coefficient (Wildman–Crippen LogP) is 2.11. The molecule has 19 heavy (non-hydrogen) atoms. The van der Waals surface area contributed by atoms with Gasteiger partial charge in [0.2, 0.25) is 10.0 Å². The van der Waals surface area contributed by atoms with Crippen molar-refractivity contribution >= 4 is 27.3 Å². The van der Waals surface area contributed by atoms with Crippen LogP contribution in [0.25, 0.3) is 0 Å². The van der Waals surface area contributed by atoms with Crippen molar-refractivity contribution in [2.75, 3.05) is 30.2 Å². The number of benzene rings is 1. The van der Waals surface area contributed by atoms with Crippen LogP contribution in [0.4, 0.5) is 5.69 Å². The van der Waals surface area contributed by atoms with Gasteiger partial charge in [0.05, 0.1) is 0 Å². The minimum atomic E-state index is -3.33. The number of rotatable bonds is 4. The van der Waals surface area contributed by atoms with Crippen LogP contribution in [0.3, 0.4) is 0 Å². The molecule has 1 aromatic rings. The summed E-state index contributed by atoms with van der Waals surface area (Å²) < 4.78 is 25.1. The number of sulfonamides is 1. The standard InChI is InChI=1S/C13H19ClN2O2S/c1-15(19(17,18)11-14)13-8-5-9-16(10-13)12-6-3-2-4-7-12/h2-4,6-7,13H,5,8-11H2,1H3. The van der Waals surface area contributed by atoms with E-state index >= 15 is 0 Å². The molecule has 1 heterocycles. The van der Waals surface area contributed by atoms with Crippen molar-refractivity contribution in [3.05, 3.63) is 30.3 Å². The predicted molar refractivity (Wildman–Crippen MR) is 79.1 cm³/mol. The lowest BCUT2D eigenvalue weighted by Crippen LogP contribution is -2.48. The summed E-state index contributed by atoms with van der Waals surface area (Å²) in [4.78, 5) is 2.23. The van der Waals surface area contributed by atoms with Crippen LogP contribution < -0.4 is 4.90 Å².